The number of rotatable bonds is 2. The van der Waals surface area contributed by atoms with Gasteiger partial charge in [0.15, 0.2) is 0 Å². The van der Waals surface area contributed by atoms with E-state index in [0.717, 1.165) is 12.3 Å². The Kier molecular flexibility index (Phi) is 2.88. The van der Waals surface area contributed by atoms with E-state index in [0.29, 0.717) is 11.3 Å². The van der Waals surface area contributed by atoms with Crippen LogP contribution in [0.25, 0.3) is 0 Å². The average Bonchev–Trinajstić information content (AvgIpc) is 2.68. The van der Waals surface area contributed by atoms with Crippen LogP contribution >= 0.6 is 0 Å². The van der Waals surface area contributed by atoms with Crippen LogP contribution in [0.5, 0.6) is 0 Å². The molecular weight excluding hydrogens is 172 g/mol. The zero-order chi connectivity index (χ0) is 10.2. The molecule has 2 aliphatic rings. The summed E-state index contributed by atoms with van der Waals surface area (Å²) < 4.78 is 0. The van der Waals surface area contributed by atoms with Crippen LogP contribution in [0.1, 0.15) is 58.8 Å². The minimum absolute atomic E-state index is 0.00926. The highest BCUT2D eigenvalue weighted by atomic mass is 16.3. The van der Waals surface area contributed by atoms with E-state index in [9.17, 15) is 5.11 Å². The predicted octanol–water partition coefficient (Wildman–Crippen LogP) is 3.36. The van der Waals surface area contributed by atoms with E-state index in [2.05, 4.69) is 13.8 Å². The number of aliphatic hydroxyl groups excluding tert-OH is 1. The Balaban J connectivity index is 1.91. The van der Waals surface area contributed by atoms with Gasteiger partial charge in [0.1, 0.15) is 0 Å². The van der Waals surface area contributed by atoms with Gasteiger partial charge in [-0.3, -0.25) is 0 Å². The van der Waals surface area contributed by atoms with Crippen molar-refractivity contribution in [2.45, 2.75) is 64.9 Å². The van der Waals surface area contributed by atoms with Gasteiger partial charge in [0.25, 0.3) is 0 Å². The van der Waals surface area contributed by atoms with Crippen molar-refractivity contribution in [1.82, 2.24) is 0 Å². The van der Waals surface area contributed by atoms with E-state index in [-0.39, 0.29) is 6.10 Å². The highest BCUT2D eigenvalue weighted by Gasteiger charge is 2.38. The fraction of sp³-hybridized carbons (Fsp3) is 1.00. The van der Waals surface area contributed by atoms with Crippen LogP contribution in [0, 0.1) is 17.3 Å². The summed E-state index contributed by atoms with van der Waals surface area (Å²) in [5.41, 5.74) is 0.614. The first-order valence-corrected chi connectivity index (χ1v) is 6.29. The summed E-state index contributed by atoms with van der Waals surface area (Å²) in [7, 11) is 0. The van der Waals surface area contributed by atoms with E-state index in [1.54, 1.807) is 0 Å². The largest absolute Gasteiger partial charge is 0.393 e. The lowest BCUT2D eigenvalue weighted by Crippen LogP contribution is -2.22. The molecule has 2 rings (SSSR count). The van der Waals surface area contributed by atoms with E-state index in [1.165, 1.54) is 38.5 Å². The highest BCUT2D eigenvalue weighted by Crippen LogP contribution is 2.47. The lowest BCUT2D eigenvalue weighted by Gasteiger charge is -2.29. The van der Waals surface area contributed by atoms with Gasteiger partial charge in [-0.2, -0.15) is 0 Å². The summed E-state index contributed by atoms with van der Waals surface area (Å²) in [6, 6.07) is 0. The first-order chi connectivity index (χ1) is 6.61. The van der Waals surface area contributed by atoms with E-state index >= 15 is 0 Å². The molecule has 1 nitrogen and oxygen atoms in total. The van der Waals surface area contributed by atoms with Crippen molar-refractivity contribution in [2.75, 3.05) is 0 Å². The summed E-state index contributed by atoms with van der Waals surface area (Å²) in [5.74, 6) is 1.35. The number of aliphatic hydroxyl groups is 1. The van der Waals surface area contributed by atoms with Gasteiger partial charge in [-0.05, 0) is 49.4 Å². The summed E-state index contributed by atoms with van der Waals surface area (Å²) in [4.78, 5) is 0. The zero-order valence-electron chi connectivity index (χ0n) is 9.63. The van der Waals surface area contributed by atoms with Gasteiger partial charge in [-0.15, -0.1) is 0 Å². The van der Waals surface area contributed by atoms with Crippen molar-refractivity contribution < 1.29 is 5.11 Å². The van der Waals surface area contributed by atoms with Gasteiger partial charge in [-0.1, -0.05) is 26.7 Å². The molecule has 0 aromatic rings. The Morgan fingerprint density at radius 2 is 1.86 bits per heavy atom. The third kappa shape index (κ3) is 1.98. The van der Waals surface area contributed by atoms with Crippen LogP contribution in [0.3, 0.4) is 0 Å². The lowest BCUT2D eigenvalue weighted by molar-refractivity contribution is 0.113. The molecule has 0 radical (unpaired) electrons. The fourth-order valence-corrected chi connectivity index (χ4v) is 3.58. The van der Waals surface area contributed by atoms with Crippen LogP contribution in [0.4, 0.5) is 0 Å². The summed E-state index contributed by atoms with van der Waals surface area (Å²) in [5, 5.41) is 9.73. The molecule has 0 amide bonds. The van der Waals surface area contributed by atoms with Crippen LogP contribution in [0.2, 0.25) is 0 Å². The van der Waals surface area contributed by atoms with Crippen LogP contribution in [-0.4, -0.2) is 11.2 Å². The molecule has 0 spiro atoms. The second-order valence-electron chi connectivity index (χ2n) is 5.99. The Labute approximate surface area is 87.9 Å². The van der Waals surface area contributed by atoms with E-state index in [1.807, 2.05) is 0 Å². The molecule has 14 heavy (non-hydrogen) atoms. The number of hydrogen-bond donors (Lipinski definition) is 1. The molecule has 0 aliphatic heterocycles. The summed E-state index contributed by atoms with van der Waals surface area (Å²) in [6.45, 7) is 4.69. The van der Waals surface area contributed by atoms with E-state index in [4.69, 9.17) is 0 Å². The van der Waals surface area contributed by atoms with Gasteiger partial charge in [-0.25, -0.2) is 0 Å². The molecule has 0 heterocycles. The zero-order valence-corrected chi connectivity index (χ0v) is 9.63. The first-order valence-electron chi connectivity index (χ1n) is 6.29. The Morgan fingerprint density at radius 3 is 2.36 bits per heavy atom. The average molecular weight is 196 g/mol. The first kappa shape index (κ1) is 10.5. The van der Waals surface area contributed by atoms with Crippen molar-refractivity contribution in [1.29, 1.82) is 0 Å². The second-order valence-corrected chi connectivity index (χ2v) is 5.99. The van der Waals surface area contributed by atoms with Crippen molar-refractivity contribution >= 4 is 0 Å². The molecule has 0 aromatic heterocycles. The fourth-order valence-electron chi connectivity index (χ4n) is 3.58. The van der Waals surface area contributed by atoms with Gasteiger partial charge in [0.2, 0.25) is 0 Å². The molecule has 1 heteroatoms. The van der Waals surface area contributed by atoms with Gasteiger partial charge in [0, 0.05) is 0 Å². The normalized spacial score (nSPS) is 41.8. The monoisotopic (exact) mass is 196 g/mol. The molecule has 2 saturated carbocycles. The van der Waals surface area contributed by atoms with Gasteiger partial charge >= 0.3 is 0 Å². The standard InChI is InChI=1S/C13H24O/c1-10-11(5-6-12(10)14)9-13(2)7-3-4-8-13/h10-12,14H,3-9H2,1-2H3. The quantitative estimate of drug-likeness (QED) is 0.718. The van der Waals surface area contributed by atoms with Crippen molar-refractivity contribution in [3.05, 3.63) is 0 Å². The molecule has 3 unspecified atom stereocenters. The smallest absolute Gasteiger partial charge is 0.0568 e. The summed E-state index contributed by atoms with van der Waals surface area (Å²) >= 11 is 0. The van der Waals surface area contributed by atoms with E-state index < -0.39 is 0 Å². The number of hydrogen-bond acceptors (Lipinski definition) is 1. The maximum Gasteiger partial charge on any atom is 0.0568 e. The molecule has 0 saturated heterocycles. The maximum absolute atomic E-state index is 9.73. The minimum Gasteiger partial charge on any atom is -0.393 e. The molecular formula is C13H24O. The molecule has 2 aliphatic carbocycles. The lowest BCUT2D eigenvalue weighted by atomic mass is 9.76. The maximum atomic E-state index is 9.73. The van der Waals surface area contributed by atoms with Crippen molar-refractivity contribution in [3.8, 4) is 0 Å². The molecule has 0 aromatic carbocycles. The third-order valence-corrected chi connectivity index (χ3v) is 4.75. The molecule has 3 atom stereocenters. The molecule has 82 valence electrons. The Hall–Kier alpha value is -0.0400. The van der Waals surface area contributed by atoms with Gasteiger partial charge in [0.05, 0.1) is 6.10 Å². The van der Waals surface area contributed by atoms with Crippen LogP contribution in [-0.2, 0) is 0 Å². The summed E-state index contributed by atoms with van der Waals surface area (Å²) in [6.07, 6.45) is 9.37. The Morgan fingerprint density at radius 1 is 1.21 bits per heavy atom. The van der Waals surface area contributed by atoms with Crippen LogP contribution in [0.15, 0.2) is 0 Å². The highest BCUT2D eigenvalue weighted by molar-refractivity contribution is 4.89. The van der Waals surface area contributed by atoms with Gasteiger partial charge < -0.3 is 5.11 Å². The second kappa shape index (κ2) is 3.84. The topological polar surface area (TPSA) is 20.2 Å². The van der Waals surface area contributed by atoms with Crippen molar-refractivity contribution in [2.24, 2.45) is 17.3 Å². The minimum atomic E-state index is -0.00926. The van der Waals surface area contributed by atoms with Crippen LogP contribution < -0.4 is 0 Å². The van der Waals surface area contributed by atoms with Crippen molar-refractivity contribution in [3.63, 3.8) is 0 Å². The molecule has 1 N–H and O–H groups in total. The molecule has 2 fully saturated rings. The Bertz CT molecular complexity index is 193. The molecule has 0 bridgehead atoms. The SMILES string of the molecule is CC1C(O)CCC1CC1(C)CCCC1. The predicted molar refractivity (Wildman–Crippen MR) is 59.1 cm³/mol. The third-order valence-electron chi connectivity index (χ3n) is 4.75.